The maximum Gasteiger partial charge on any atom is 0.256 e. The van der Waals surface area contributed by atoms with E-state index in [1.165, 1.54) is 0 Å². The molecule has 11 nitrogen and oxygen atoms in total. The molecule has 0 aromatic heterocycles. The molecule has 2 aromatic rings. The summed E-state index contributed by atoms with van der Waals surface area (Å²) in [6.45, 7) is 2.41. The number of hydrogen-bond donors (Lipinski definition) is 1. The molecule has 4 aliphatic rings. The van der Waals surface area contributed by atoms with E-state index in [0.717, 1.165) is 64.3 Å². The molecule has 6 rings (SSSR count). The molecule has 2 atom stereocenters. The van der Waals surface area contributed by atoms with Crippen molar-refractivity contribution in [1.29, 1.82) is 0 Å². The molecule has 1 N–H and O–H groups in total. The SMILES string of the molecule is COc1cc2c(cc1OCCCCCCCCOc1cc3c(cc1OC)C(=O)N1CCC[C@H]1C(=O)N3)N=C[C@@H]1CCCN1C2=O. The third-order valence-electron chi connectivity index (χ3n) is 9.12. The Morgan fingerprint density at radius 3 is 2.04 bits per heavy atom. The first-order valence-electron chi connectivity index (χ1n) is 16.1. The van der Waals surface area contributed by atoms with Crippen molar-refractivity contribution in [3.05, 3.63) is 35.4 Å². The number of methoxy groups -OCH3 is 2. The van der Waals surface area contributed by atoms with E-state index in [1.807, 2.05) is 17.2 Å². The lowest BCUT2D eigenvalue weighted by Gasteiger charge is -2.20. The number of unbranched alkanes of at least 4 members (excludes halogenated alkanes) is 5. The van der Waals surface area contributed by atoms with Crippen LogP contribution < -0.4 is 24.3 Å². The number of nitrogens with one attached hydrogen (secondary N) is 1. The van der Waals surface area contributed by atoms with Crippen LogP contribution in [0, 0.1) is 0 Å². The first kappa shape index (κ1) is 30.7. The van der Waals surface area contributed by atoms with Crippen LogP contribution in [0.1, 0.15) is 84.9 Å². The van der Waals surface area contributed by atoms with Gasteiger partial charge in [-0.1, -0.05) is 25.7 Å². The Bertz CT molecular complexity index is 1470. The Morgan fingerprint density at radius 1 is 0.733 bits per heavy atom. The Balaban J connectivity index is 0.920. The Labute approximate surface area is 263 Å². The molecule has 240 valence electrons. The number of benzene rings is 2. The van der Waals surface area contributed by atoms with Crippen LogP contribution in [0.15, 0.2) is 29.3 Å². The van der Waals surface area contributed by atoms with Crippen LogP contribution in [0.25, 0.3) is 0 Å². The maximum atomic E-state index is 13.1. The fourth-order valence-electron chi connectivity index (χ4n) is 6.66. The van der Waals surface area contributed by atoms with Crippen LogP contribution in [0.2, 0.25) is 0 Å². The minimum atomic E-state index is -0.414. The number of amides is 3. The fraction of sp³-hybridized carbons (Fsp3) is 0.529. The number of carbonyl (C=O) groups excluding carboxylic acids is 3. The van der Waals surface area contributed by atoms with Gasteiger partial charge in [0.2, 0.25) is 5.91 Å². The first-order chi connectivity index (χ1) is 22.0. The first-order valence-corrected chi connectivity index (χ1v) is 16.1. The second-order valence-electron chi connectivity index (χ2n) is 12.0. The molecule has 0 radical (unpaired) electrons. The molecular weight excluding hydrogens is 576 g/mol. The van der Waals surface area contributed by atoms with Crippen LogP contribution in [0.3, 0.4) is 0 Å². The quantitative estimate of drug-likeness (QED) is 0.300. The van der Waals surface area contributed by atoms with Crippen molar-refractivity contribution in [2.24, 2.45) is 4.99 Å². The molecule has 0 aliphatic carbocycles. The van der Waals surface area contributed by atoms with Crippen molar-refractivity contribution >= 4 is 35.3 Å². The highest BCUT2D eigenvalue weighted by molar-refractivity contribution is 6.10. The molecular formula is C34H42N4O7. The van der Waals surface area contributed by atoms with Crippen molar-refractivity contribution in [3.8, 4) is 23.0 Å². The zero-order valence-electron chi connectivity index (χ0n) is 26.1. The van der Waals surface area contributed by atoms with E-state index in [0.29, 0.717) is 71.7 Å². The highest BCUT2D eigenvalue weighted by Crippen LogP contribution is 2.39. The number of anilines is 1. The molecule has 2 fully saturated rings. The third kappa shape index (κ3) is 6.43. The molecule has 2 saturated heterocycles. The van der Waals surface area contributed by atoms with Crippen molar-refractivity contribution in [1.82, 2.24) is 9.80 Å². The van der Waals surface area contributed by atoms with Gasteiger partial charge in [0.1, 0.15) is 6.04 Å². The van der Waals surface area contributed by atoms with Gasteiger partial charge >= 0.3 is 0 Å². The van der Waals surface area contributed by atoms with Crippen LogP contribution in [0.4, 0.5) is 11.4 Å². The second-order valence-corrected chi connectivity index (χ2v) is 12.0. The van der Waals surface area contributed by atoms with Gasteiger partial charge in [-0.3, -0.25) is 19.4 Å². The lowest BCUT2D eigenvalue weighted by molar-refractivity contribution is -0.119. The zero-order chi connectivity index (χ0) is 31.3. The average Bonchev–Trinajstić information content (AvgIpc) is 3.70. The number of ether oxygens (including phenoxy) is 4. The summed E-state index contributed by atoms with van der Waals surface area (Å²) in [5.41, 5.74) is 2.11. The molecule has 0 spiro atoms. The van der Waals surface area contributed by atoms with Gasteiger partial charge in [-0.25, -0.2) is 0 Å². The average molecular weight is 619 g/mol. The lowest BCUT2D eigenvalue weighted by atomic mass is 10.1. The van der Waals surface area contributed by atoms with Gasteiger partial charge in [0.25, 0.3) is 11.8 Å². The van der Waals surface area contributed by atoms with Crippen molar-refractivity contribution in [3.63, 3.8) is 0 Å². The van der Waals surface area contributed by atoms with Gasteiger partial charge in [-0.2, -0.15) is 0 Å². The molecule has 11 heteroatoms. The summed E-state index contributed by atoms with van der Waals surface area (Å²) in [5, 5.41) is 2.92. The zero-order valence-corrected chi connectivity index (χ0v) is 26.1. The number of hydrogen-bond acceptors (Lipinski definition) is 8. The van der Waals surface area contributed by atoms with Gasteiger partial charge in [0.05, 0.1) is 56.0 Å². The van der Waals surface area contributed by atoms with Gasteiger partial charge in [0, 0.05) is 31.4 Å². The van der Waals surface area contributed by atoms with E-state index in [4.69, 9.17) is 18.9 Å². The Hall–Kier alpha value is -4.28. The molecule has 0 saturated carbocycles. The number of carbonyl (C=O) groups is 3. The molecule has 4 heterocycles. The monoisotopic (exact) mass is 618 g/mol. The highest BCUT2D eigenvalue weighted by Gasteiger charge is 2.39. The Morgan fingerprint density at radius 2 is 1.33 bits per heavy atom. The largest absolute Gasteiger partial charge is 0.493 e. The van der Waals surface area contributed by atoms with Gasteiger partial charge < -0.3 is 34.1 Å². The van der Waals surface area contributed by atoms with E-state index in [2.05, 4.69) is 10.3 Å². The summed E-state index contributed by atoms with van der Waals surface area (Å²) in [7, 11) is 3.14. The normalized spacial score (nSPS) is 20.1. The summed E-state index contributed by atoms with van der Waals surface area (Å²) >= 11 is 0. The van der Waals surface area contributed by atoms with Gasteiger partial charge in [-0.05, 0) is 50.7 Å². The minimum absolute atomic E-state index is 0.00253. The van der Waals surface area contributed by atoms with Crippen LogP contribution in [-0.2, 0) is 4.79 Å². The Kier molecular flexibility index (Phi) is 9.42. The van der Waals surface area contributed by atoms with Crippen molar-refractivity contribution < 1.29 is 33.3 Å². The van der Waals surface area contributed by atoms with Crippen LogP contribution >= 0.6 is 0 Å². The van der Waals surface area contributed by atoms with Crippen LogP contribution in [0.5, 0.6) is 23.0 Å². The molecule has 4 aliphatic heterocycles. The number of rotatable bonds is 13. The number of nitrogens with zero attached hydrogens (tertiary/aromatic N) is 3. The summed E-state index contributed by atoms with van der Waals surface area (Å²) in [5.74, 6) is 1.87. The van der Waals surface area contributed by atoms with Crippen molar-refractivity contribution in [2.75, 3.05) is 45.8 Å². The minimum Gasteiger partial charge on any atom is -0.493 e. The van der Waals surface area contributed by atoms with E-state index >= 15 is 0 Å². The summed E-state index contributed by atoms with van der Waals surface area (Å²) < 4.78 is 23.1. The van der Waals surface area contributed by atoms with Crippen LogP contribution in [-0.4, -0.2) is 86.3 Å². The van der Waals surface area contributed by atoms with E-state index in [-0.39, 0.29) is 23.8 Å². The molecule has 2 aromatic carbocycles. The predicted molar refractivity (Wildman–Crippen MR) is 170 cm³/mol. The summed E-state index contributed by atoms with van der Waals surface area (Å²) in [4.78, 5) is 47.0. The number of fused-ring (bicyclic) bond motifs is 4. The van der Waals surface area contributed by atoms with Gasteiger partial charge in [-0.15, -0.1) is 0 Å². The summed E-state index contributed by atoms with van der Waals surface area (Å²) in [6.07, 6.45) is 11.3. The highest BCUT2D eigenvalue weighted by atomic mass is 16.5. The maximum absolute atomic E-state index is 13.1. The van der Waals surface area contributed by atoms with E-state index in [1.54, 1.807) is 37.3 Å². The topological polar surface area (TPSA) is 119 Å². The van der Waals surface area contributed by atoms with Gasteiger partial charge in [0.15, 0.2) is 23.0 Å². The smallest absolute Gasteiger partial charge is 0.256 e. The number of aliphatic imine (C=N–C) groups is 1. The van der Waals surface area contributed by atoms with Crippen molar-refractivity contribution in [2.45, 2.75) is 76.3 Å². The third-order valence-corrected chi connectivity index (χ3v) is 9.12. The van der Waals surface area contributed by atoms with E-state index < -0.39 is 6.04 Å². The summed E-state index contributed by atoms with van der Waals surface area (Å²) in [6, 6.07) is 6.61. The second kappa shape index (κ2) is 13.8. The molecule has 0 bridgehead atoms. The molecule has 45 heavy (non-hydrogen) atoms. The van der Waals surface area contributed by atoms with E-state index in [9.17, 15) is 14.4 Å². The standard InChI is InChI=1S/C34H42N4O7/c1-42-28-17-23-25(35-21-22-11-9-13-37(22)33(23)40)19-30(28)44-15-7-5-3-4-6-8-16-45-31-20-26-24(18-29(31)43-2)34(41)38-14-10-12-27(38)32(39)36-26/h17-22,27H,3-16H2,1-2H3,(H,36,39)/t22-,27-/m0/s1. The molecule has 0 unspecified atom stereocenters. The lowest BCUT2D eigenvalue weighted by Crippen LogP contribution is -2.40. The molecule has 3 amide bonds. The predicted octanol–water partition coefficient (Wildman–Crippen LogP) is 5.38. The fourth-order valence-corrected chi connectivity index (χ4v) is 6.66.